The first kappa shape index (κ1) is 26.1. The minimum Gasteiger partial charge on any atom is -0.466 e. The van der Waals surface area contributed by atoms with E-state index in [1.165, 1.54) is 31.5 Å². The van der Waals surface area contributed by atoms with E-state index in [9.17, 15) is 9.18 Å². The number of rotatable bonds is 7. The van der Waals surface area contributed by atoms with Crippen molar-refractivity contribution >= 4 is 36.0 Å². The molecule has 0 amide bonds. The summed E-state index contributed by atoms with van der Waals surface area (Å²) in [7, 11) is 0. The van der Waals surface area contributed by atoms with Gasteiger partial charge in [-0.15, -0.1) is 0 Å². The number of benzene rings is 1. The first-order valence-corrected chi connectivity index (χ1v) is 14.7. The van der Waals surface area contributed by atoms with Crippen LogP contribution in [0.5, 0.6) is 0 Å². The molecule has 5 aliphatic rings. The number of hydrogen-bond acceptors (Lipinski definition) is 6. The average molecular weight is 560 g/mol. The van der Waals surface area contributed by atoms with E-state index < -0.39 is 5.82 Å². The van der Waals surface area contributed by atoms with Crippen molar-refractivity contribution in [2.45, 2.75) is 70.4 Å². The maximum atomic E-state index is 14.5. The van der Waals surface area contributed by atoms with E-state index in [1.54, 1.807) is 16.8 Å². The molecule has 2 heterocycles. The molecule has 1 aromatic heterocycles. The Labute approximate surface area is 233 Å². The summed E-state index contributed by atoms with van der Waals surface area (Å²) in [6.45, 7) is 4.35. The van der Waals surface area contributed by atoms with Crippen LogP contribution in [0.2, 0.25) is 5.02 Å². The summed E-state index contributed by atoms with van der Waals surface area (Å²) in [6.07, 6.45) is 10.3. The fraction of sp³-hybridized carbons (Fsp3) is 0.643. The zero-order chi connectivity index (χ0) is 26.4. The van der Waals surface area contributed by atoms with Gasteiger partial charge in [-0.2, -0.15) is 14.9 Å². The van der Waals surface area contributed by atoms with E-state index in [0.717, 1.165) is 68.8 Å². The van der Waals surface area contributed by atoms with E-state index in [0.29, 0.717) is 23.1 Å². The summed E-state index contributed by atoms with van der Waals surface area (Å²) in [6, 6.07) is 4.63. The number of esters is 1. The van der Waals surface area contributed by atoms with Crippen LogP contribution < -0.4 is 0 Å². The summed E-state index contributed by atoms with van der Waals surface area (Å²) in [5, 5.41) is 10.2. The number of aromatic nitrogens is 3. The minimum absolute atomic E-state index is 0.0408. The van der Waals surface area contributed by atoms with E-state index in [-0.39, 0.29) is 22.9 Å². The Morgan fingerprint density at radius 3 is 2.47 bits per heavy atom. The maximum absolute atomic E-state index is 14.5. The van der Waals surface area contributed by atoms with Crippen LogP contribution in [0.15, 0.2) is 23.3 Å². The molecule has 4 saturated carbocycles. The van der Waals surface area contributed by atoms with Crippen molar-refractivity contribution in [3.63, 3.8) is 0 Å². The van der Waals surface area contributed by atoms with Gasteiger partial charge in [0, 0.05) is 24.1 Å². The Morgan fingerprint density at radius 2 is 1.87 bits per heavy atom. The zero-order valence-corrected chi connectivity index (χ0v) is 23.4. The quantitative estimate of drug-likeness (QED) is 0.244. The average Bonchev–Trinajstić information content (AvgIpc) is 3.19. The van der Waals surface area contributed by atoms with Crippen molar-refractivity contribution in [1.82, 2.24) is 19.4 Å². The topological polar surface area (TPSA) is 64.7 Å². The molecular weight excluding hydrogens is 525 g/mol. The molecule has 204 valence electrons. The molecule has 1 aromatic carbocycles. The third-order valence-corrected chi connectivity index (χ3v) is 9.89. The molecule has 0 unspecified atom stereocenters. The molecule has 2 aromatic rings. The Morgan fingerprint density at radius 1 is 1.21 bits per heavy atom. The number of hydrogen-bond donors (Lipinski definition) is 0. The zero-order valence-electron chi connectivity index (χ0n) is 21.8. The minimum atomic E-state index is -0.416. The molecule has 7 rings (SSSR count). The summed E-state index contributed by atoms with van der Waals surface area (Å²) >= 11 is 12.2. The molecule has 0 radical (unpaired) electrons. The fourth-order valence-electron chi connectivity index (χ4n) is 7.82. The number of carbonyl (C=O) groups is 1. The van der Waals surface area contributed by atoms with Crippen molar-refractivity contribution in [2.24, 2.45) is 28.8 Å². The van der Waals surface area contributed by atoms with Gasteiger partial charge >= 0.3 is 5.97 Å². The Bertz CT molecular complexity index is 1240. The maximum Gasteiger partial charge on any atom is 0.309 e. The van der Waals surface area contributed by atoms with Gasteiger partial charge in [0.2, 0.25) is 4.77 Å². The molecule has 5 fully saturated rings. The van der Waals surface area contributed by atoms with Gasteiger partial charge in [-0.25, -0.2) is 9.07 Å². The van der Waals surface area contributed by atoms with Gasteiger partial charge < -0.3 is 4.74 Å². The third-order valence-electron chi connectivity index (χ3n) is 9.17. The molecule has 0 N–H and O–H groups in total. The normalized spacial score (nSPS) is 29.4. The standard InChI is InChI=1S/C28H35ClFN5O2S/c1-2-37-25(36)21-6-8-33(9-7-21)17-34-27(38)35(31-16-22-23(29)4-3-5-24(22)30)26(32-34)28-13-18-10-19(14-28)12-20(11-18)15-28/h3-5,16,18-21H,2,6-15,17H2,1H3/b31-16+. The van der Waals surface area contributed by atoms with Crippen molar-refractivity contribution in [2.75, 3.05) is 19.7 Å². The van der Waals surface area contributed by atoms with Gasteiger partial charge in [-0.05, 0) is 100 Å². The highest BCUT2D eigenvalue weighted by Crippen LogP contribution is 2.60. The Hall–Kier alpha value is -2.10. The summed E-state index contributed by atoms with van der Waals surface area (Å²) < 4.78 is 23.9. The molecule has 1 aliphatic heterocycles. The Balaban J connectivity index is 1.31. The summed E-state index contributed by atoms with van der Waals surface area (Å²) in [4.78, 5) is 14.5. The predicted octanol–water partition coefficient (Wildman–Crippen LogP) is 5.79. The van der Waals surface area contributed by atoms with E-state index in [1.807, 2.05) is 11.6 Å². The molecule has 0 spiro atoms. The van der Waals surface area contributed by atoms with Crippen LogP contribution in [0, 0.1) is 34.3 Å². The number of ether oxygens (including phenoxy) is 1. The second-order valence-corrected chi connectivity index (χ2v) is 12.6. The van der Waals surface area contributed by atoms with E-state index in [2.05, 4.69) is 4.90 Å². The number of carbonyl (C=O) groups excluding carboxylic acids is 1. The first-order chi connectivity index (χ1) is 18.3. The molecule has 10 heteroatoms. The fourth-order valence-corrected chi connectivity index (χ4v) is 8.26. The van der Waals surface area contributed by atoms with Gasteiger partial charge in [0.15, 0.2) is 5.82 Å². The van der Waals surface area contributed by atoms with Crippen LogP contribution in [0.3, 0.4) is 0 Å². The number of likely N-dealkylation sites (tertiary alicyclic amines) is 1. The smallest absolute Gasteiger partial charge is 0.309 e. The third kappa shape index (κ3) is 4.86. The highest BCUT2D eigenvalue weighted by Gasteiger charge is 2.54. The predicted molar refractivity (Wildman–Crippen MR) is 146 cm³/mol. The Kier molecular flexibility index (Phi) is 7.20. The monoisotopic (exact) mass is 559 g/mol. The van der Waals surface area contributed by atoms with Crippen molar-refractivity contribution < 1.29 is 13.9 Å². The van der Waals surface area contributed by atoms with Crippen molar-refractivity contribution in [3.8, 4) is 0 Å². The molecular formula is C28H35ClFN5O2S. The number of nitrogens with zero attached hydrogens (tertiary/aromatic N) is 5. The molecule has 38 heavy (non-hydrogen) atoms. The lowest BCUT2D eigenvalue weighted by atomic mass is 9.49. The highest BCUT2D eigenvalue weighted by molar-refractivity contribution is 7.71. The molecule has 1 saturated heterocycles. The molecule has 7 nitrogen and oxygen atoms in total. The largest absolute Gasteiger partial charge is 0.466 e. The van der Waals surface area contributed by atoms with Crippen LogP contribution in [-0.2, 0) is 21.6 Å². The van der Waals surface area contributed by atoms with E-state index >= 15 is 0 Å². The van der Waals surface area contributed by atoms with E-state index in [4.69, 9.17) is 38.8 Å². The lowest BCUT2D eigenvalue weighted by Crippen LogP contribution is -2.49. The number of piperidine rings is 1. The SMILES string of the molecule is CCOC(=O)C1CCN(Cn2nc(C34CC5CC(CC(C5)C3)C4)n(/N=C/c3c(F)cccc3Cl)c2=S)CC1. The second-order valence-electron chi connectivity index (χ2n) is 11.8. The van der Waals surface area contributed by atoms with Gasteiger partial charge in [-0.3, -0.25) is 9.69 Å². The first-order valence-electron chi connectivity index (χ1n) is 13.9. The van der Waals surface area contributed by atoms with Crippen LogP contribution >= 0.6 is 23.8 Å². The molecule has 4 aliphatic carbocycles. The number of halogens is 2. The van der Waals surface area contributed by atoms with Gasteiger partial charge in [0.25, 0.3) is 0 Å². The lowest BCUT2D eigenvalue weighted by molar-refractivity contribution is -0.149. The van der Waals surface area contributed by atoms with Gasteiger partial charge in [0.1, 0.15) is 5.82 Å². The van der Waals surface area contributed by atoms with Gasteiger partial charge in [-0.1, -0.05) is 17.7 Å². The van der Waals surface area contributed by atoms with Gasteiger partial charge in [0.05, 0.1) is 30.4 Å². The highest BCUT2D eigenvalue weighted by atomic mass is 35.5. The molecule has 4 bridgehead atoms. The molecule has 0 atom stereocenters. The van der Waals surface area contributed by atoms with Crippen LogP contribution in [0.25, 0.3) is 0 Å². The van der Waals surface area contributed by atoms with Crippen LogP contribution in [0.1, 0.15) is 69.7 Å². The van der Waals surface area contributed by atoms with Crippen molar-refractivity contribution in [1.29, 1.82) is 0 Å². The lowest BCUT2D eigenvalue weighted by Gasteiger charge is -2.55. The van der Waals surface area contributed by atoms with Crippen LogP contribution in [-0.4, -0.2) is 51.2 Å². The van der Waals surface area contributed by atoms with Crippen molar-refractivity contribution in [3.05, 3.63) is 45.2 Å². The van der Waals surface area contributed by atoms with Crippen LogP contribution in [0.4, 0.5) is 4.39 Å². The summed E-state index contributed by atoms with van der Waals surface area (Å²) in [5.74, 6) is 2.56. The second kappa shape index (κ2) is 10.5. The summed E-state index contributed by atoms with van der Waals surface area (Å²) in [5.41, 5.74) is 0.210.